The van der Waals surface area contributed by atoms with Crippen LogP contribution in [0.4, 0.5) is 0 Å². The third-order valence-electron chi connectivity index (χ3n) is 17.0. The molecule has 5 atom stereocenters. The first-order chi connectivity index (χ1) is 44.4. The van der Waals surface area contributed by atoms with Gasteiger partial charge in [-0.15, -0.1) is 0 Å². The molecule has 0 saturated carbocycles. The van der Waals surface area contributed by atoms with Crippen LogP contribution in [0, 0.1) is 11.8 Å². The molecule has 3 N–H and O–H groups in total. The van der Waals surface area contributed by atoms with Gasteiger partial charge >= 0.3 is 39.5 Å². The predicted molar refractivity (Wildman–Crippen MR) is 372 cm³/mol. The average molecular weight is 1350 g/mol. The molecule has 0 aliphatic rings. The Hall–Kier alpha value is -1.94. The molecule has 0 fully saturated rings. The van der Waals surface area contributed by atoms with Crippen molar-refractivity contribution in [2.45, 2.75) is 394 Å². The summed E-state index contributed by atoms with van der Waals surface area (Å²) in [7, 11) is -9.89. The number of ether oxygens (including phenoxy) is 4. The van der Waals surface area contributed by atoms with E-state index in [4.69, 9.17) is 37.0 Å². The minimum Gasteiger partial charge on any atom is -0.462 e. The van der Waals surface area contributed by atoms with E-state index in [0.717, 1.165) is 108 Å². The summed E-state index contributed by atoms with van der Waals surface area (Å²) in [5.74, 6) is -0.520. The Morgan fingerprint density at radius 1 is 0.293 bits per heavy atom. The van der Waals surface area contributed by atoms with Gasteiger partial charge in [-0.2, -0.15) is 0 Å². The van der Waals surface area contributed by atoms with Gasteiger partial charge in [-0.3, -0.25) is 37.3 Å². The molecule has 17 nitrogen and oxygen atoms in total. The summed E-state index contributed by atoms with van der Waals surface area (Å²) in [6.45, 7) is 9.53. The molecule has 0 aromatic carbocycles. The molecule has 0 rings (SSSR count). The normalized spacial score (nSPS) is 14.1. The summed E-state index contributed by atoms with van der Waals surface area (Å²) in [6, 6.07) is 0. The van der Waals surface area contributed by atoms with E-state index in [9.17, 15) is 43.2 Å². The van der Waals surface area contributed by atoms with Crippen molar-refractivity contribution in [2.75, 3.05) is 39.6 Å². The van der Waals surface area contributed by atoms with Crippen LogP contribution in [0.15, 0.2) is 0 Å². The van der Waals surface area contributed by atoms with Gasteiger partial charge in [-0.05, 0) is 37.5 Å². The summed E-state index contributed by atoms with van der Waals surface area (Å²) < 4.78 is 68.1. The van der Waals surface area contributed by atoms with Crippen LogP contribution in [-0.4, -0.2) is 96.7 Å². The topological polar surface area (TPSA) is 237 Å². The molecular weight excluding hydrogens is 1210 g/mol. The van der Waals surface area contributed by atoms with Crippen LogP contribution in [0.1, 0.15) is 375 Å². The van der Waals surface area contributed by atoms with Gasteiger partial charge < -0.3 is 33.8 Å². The Labute approximate surface area is 562 Å². The van der Waals surface area contributed by atoms with Crippen LogP contribution in [0.3, 0.4) is 0 Å². The molecule has 0 heterocycles. The lowest BCUT2D eigenvalue weighted by atomic mass is 10.0. The zero-order valence-corrected chi connectivity index (χ0v) is 61.6. The van der Waals surface area contributed by atoms with Crippen LogP contribution >= 0.6 is 15.6 Å². The number of esters is 4. The van der Waals surface area contributed by atoms with E-state index in [1.54, 1.807) is 0 Å². The molecule has 0 aliphatic carbocycles. The van der Waals surface area contributed by atoms with E-state index in [0.29, 0.717) is 25.7 Å². The molecule has 19 heteroatoms. The van der Waals surface area contributed by atoms with Crippen molar-refractivity contribution in [2.24, 2.45) is 11.8 Å². The van der Waals surface area contributed by atoms with E-state index < -0.39 is 97.5 Å². The maximum absolute atomic E-state index is 13.1. The lowest BCUT2D eigenvalue weighted by Gasteiger charge is -2.21. The van der Waals surface area contributed by atoms with Gasteiger partial charge in [0.05, 0.1) is 26.4 Å². The summed E-state index contributed by atoms with van der Waals surface area (Å²) in [4.78, 5) is 72.3. The molecular formula is C73H142O17P2. The number of phosphoric ester groups is 2. The number of hydrogen-bond acceptors (Lipinski definition) is 15. The standard InChI is InChI=1S/C73H142O17P2/c1-7-9-11-13-14-15-33-39-45-51-57-72(77)89-68(61-83-70(75)55-49-41-12-10-8-2)63-87-91(79,80)85-59-67(74)60-86-92(81,82)88-64-69(62-84-71(76)56-50-44-38-34-29-26-22-24-28-32-37-43-48-54-66(5)6)90-73(78)58-52-46-40-35-30-25-21-19-17-16-18-20-23-27-31-36-42-47-53-65(3)4/h65-69,74H,7-64H2,1-6H3,(H,79,80)(H,81,82)/t67-,68+,69+/m0/s1. The van der Waals surface area contributed by atoms with E-state index in [1.807, 2.05) is 0 Å². The fourth-order valence-corrected chi connectivity index (χ4v) is 12.7. The number of phosphoric acid groups is 2. The van der Waals surface area contributed by atoms with Crippen molar-refractivity contribution < 1.29 is 80.2 Å². The zero-order chi connectivity index (χ0) is 67.9. The van der Waals surface area contributed by atoms with Crippen molar-refractivity contribution in [1.82, 2.24) is 0 Å². The van der Waals surface area contributed by atoms with Crippen molar-refractivity contribution in [3.05, 3.63) is 0 Å². The van der Waals surface area contributed by atoms with Gasteiger partial charge in [-0.1, -0.05) is 324 Å². The Bertz CT molecular complexity index is 1790. The molecule has 0 aromatic rings. The predicted octanol–water partition coefficient (Wildman–Crippen LogP) is 21.2. The monoisotopic (exact) mass is 1350 g/mol. The number of hydrogen-bond donors (Lipinski definition) is 3. The van der Waals surface area contributed by atoms with Gasteiger partial charge in [0, 0.05) is 25.7 Å². The highest BCUT2D eigenvalue weighted by Gasteiger charge is 2.30. The zero-order valence-electron chi connectivity index (χ0n) is 59.9. The fraction of sp³-hybridized carbons (Fsp3) is 0.945. The molecule has 92 heavy (non-hydrogen) atoms. The first kappa shape index (κ1) is 90.1. The SMILES string of the molecule is CCCCCCCCCCCCC(=O)O[C@H](COC(=O)CCCCCCC)COP(=O)(O)OC[C@H](O)COP(=O)(O)OC[C@@H](COC(=O)CCCCCCCCCCCCCCCC(C)C)OC(=O)CCCCCCCCCCCCCCCCCCCCC(C)C. The second-order valence-corrected chi connectivity index (χ2v) is 30.2. The summed E-state index contributed by atoms with van der Waals surface area (Å²) >= 11 is 0. The van der Waals surface area contributed by atoms with Crippen LogP contribution in [0.25, 0.3) is 0 Å². The van der Waals surface area contributed by atoms with E-state index in [1.165, 1.54) is 186 Å². The highest BCUT2D eigenvalue weighted by Crippen LogP contribution is 2.45. The average Bonchev–Trinajstić information content (AvgIpc) is 3.70. The number of rotatable bonds is 72. The molecule has 0 spiro atoms. The minimum atomic E-state index is -4.95. The largest absolute Gasteiger partial charge is 0.472 e. The lowest BCUT2D eigenvalue weighted by molar-refractivity contribution is -0.161. The quantitative estimate of drug-likeness (QED) is 0.0222. The molecule has 0 radical (unpaired) electrons. The van der Waals surface area contributed by atoms with Crippen molar-refractivity contribution in [3.63, 3.8) is 0 Å². The van der Waals surface area contributed by atoms with E-state index >= 15 is 0 Å². The van der Waals surface area contributed by atoms with Gasteiger partial charge in [0.15, 0.2) is 12.2 Å². The Morgan fingerprint density at radius 2 is 0.500 bits per heavy atom. The lowest BCUT2D eigenvalue weighted by Crippen LogP contribution is -2.30. The molecule has 0 aromatic heterocycles. The Kier molecular flexibility index (Phi) is 63.7. The fourth-order valence-electron chi connectivity index (χ4n) is 11.1. The van der Waals surface area contributed by atoms with Gasteiger partial charge in [-0.25, -0.2) is 9.13 Å². The second kappa shape index (κ2) is 65.0. The number of carbonyl (C=O) groups is 4. The van der Waals surface area contributed by atoms with Crippen LogP contribution < -0.4 is 0 Å². The van der Waals surface area contributed by atoms with Gasteiger partial charge in [0.2, 0.25) is 0 Å². The molecule has 0 bridgehead atoms. The van der Waals surface area contributed by atoms with Crippen LogP contribution in [0.2, 0.25) is 0 Å². The summed E-state index contributed by atoms with van der Waals surface area (Å²) in [5.41, 5.74) is 0. The van der Waals surface area contributed by atoms with Crippen LogP contribution in [-0.2, 0) is 65.4 Å². The number of aliphatic hydroxyl groups is 1. The first-order valence-corrected chi connectivity index (χ1v) is 41.0. The molecule has 0 saturated heterocycles. The smallest absolute Gasteiger partial charge is 0.462 e. The van der Waals surface area contributed by atoms with Crippen molar-refractivity contribution in [3.8, 4) is 0 Å². The van der Waals surface area contributed by atoms with Crippen molar-refractivity contribution in [1.29, 1.82) is 0 Å². The second-order valence-electron chi connectivity index (χ2n) is 27.3. The number of carbonyl (C=O) groups excluding carboxylic acids is 4. The molecule has 0 aliphatic heterocycles. The van der Waals surface area contributed by atoms with Gasteiger partial charge in [0.1, 0.15) is 19.3 Å². The minimum absolute atomic E-state index is 0.106. The van der Waals surface area contributed by atoms with E-state index in [2.05, 4.69) is 41.5 Å². The third-order valence-corrected chi connectivity index (χ3v) is 18.9. The first-order valence-electron chi connectivity index (χ1n) is 38.0. The Balaban J connectivity index is 5.11. The highest BCUT2D eigenvalue weighted by molar-refractivity contribution is 7.47. The maximum atomic E-state index is 13.1. The van der Waals surface area contributed by atoms with Gasteiger partial charge in [0.25, 0.3) is 0 Å². The highest BCUT2D eigenvalue weighted by atomic mass is 31.2. The maximum Gasteiger partial charge on any atom is 0.472 e. The van der Waals surface area contributed by atoms with E-state index in [-0.39, 0.29) is 25.7 Å². The molecule has 546 valence electrons. The van der Waals surface area contributed by atoms with Crippen LogP contribution in [0.5, 0.6) is 0 Å². The molecule has 0 amide bonds. The summed E-state index contributed by atoms with van der Waals surface area (Å²) in [5, 5.41) is 10.6. The van der Waals surface area contributed by atoms with Crippen molar-refractivity contribution >= 4 is 39.5 Å². The third kappa shape index (κ3) is 66.7. The summed E-state index contributed by atoms with van der Waals surface area (Å²) in [6.07, 6.45) is 51.8. The Morgan fingerprint density at radius 3 is 0.739 bits per heavy atom. The number of aliphatic hydroxyl groups excluding tert-OH is 1. The number of unbranched alkanes of at least 4 members (excludes halogenated alkanes) is 42. The molecule has 2 unspecified atom stereocenters.